The van der Waals surface area contributed by atoms with Gasteiger partial charge in [0.15, 0.2) is 11.7 Å². The zero-order valence-electron chi connectivity index (χ0n) is 10.7. The number of aryl methyl sites for hydroxylation is 1. The van der Waals surface area contributed by atoms with Crippen molar-refractivity contribution in [1.29, 1.82) is 0 Å². The number of oxazole rings is 1. The Morgan fingerprint density at radius 1 is 1.40 bits per heavy atom. The molecule has 0 aliphatic heterocycles. The number of hydrogen-bond acceptors (Lipinski definition) is 3. The highest BCUT2D eigenvalue weighted by molar-refractivity contribution is 6.30. The summed E-state index contributed by atoms with van der Waals surface area (Å²) in [5, 5.41) is 3.25. The number of carbonyl (C=O) groups excluding carboxylic acids is 1. The molecule has 0 radical (unpaired) electrons. The molecular formula is C15H13ClN2O2. The number of carbonyl (C=O) groups is 1. The summed E-state index contributed by atoms with van der Waals surface area (Å²) in [7, 11) is 0. The van der Waals surface area contributed by atoms with Crippen LogP contribution in [0.5, 0.6) is 0 Å². The van der Waals surface area contributed by atoms with Crippen LogP contribution in [0.1, 0.15) is 12.3 Å². The smallest absolute Gasteiger partial charge is 0.221 e. The lowest BCUT2D eigenvalue weighted by Crippen LogP contribution is -2.23. The van der Waals surface area contributed by atoms with E-state index in [0.29, 0.717) is 29.5 Å². The van der Waals surface area contributed by atoms with E-state index < -0.39 is 0 Å². The van der Waals surface area contributed by atoms with Gasteiger partial charge < -0.3 is 9.73 Å². The van der Waals surface area contributed by atoms with E-state index >= 15 is 0 Å². The van der Waals surface area contributed by atoms with Crippen molar-refractivity contribution in [2.75, 3.05) is 6.54 Å². The fourth-order valence-electron chi connectivity index (χ4n) is 1.63. The first kappa shape index (κ1) is 14.2. The molecule has 0 atom stereocenters. The van der Waals surface area contributed by atoms with Crippen LogP contribution in [0.3, 0.4) is 0 Å². The van der Waals surface area contributed by atoms with Gasteiger partial charge in [-0.1, -0.05) is 17.5 Å². The van der Waals surface area contributed by atoms with Crippen molar-refractivity contribution in [2.45, 2.75) is 12.8 Å². The van der Waals surface area contributed by atoms with Crippen molar-refractivity contribution < 1.29 is 9.21 Å². The number of rotatable bonds is 5. The molecule has 0 bridgehead atoms. The molecule has 0 spiro atoms. The van der Waals surface area contributed by atoms with Gasteiger partial charge in [-0.15, -0.1) is 6.42 Å². The molecule has 102 valence electrons. The number of amides is 1. The molecule has 0 unspecified atom stereocenters. The summed E-state index contributed by atoms with van der Waals surface area (Å²) in [5.74, 6) is 3.40. The van der Waals surface area contributed by atoms with E-state index in [2.05, 4.69) is 16.2 Å². The maximum absolute atomic E-state index is 11.4. The average molecular weight is 289 g/mol. The minimum Gasteiger partial charge on any atom is -0.441 e. The van der Waals surface area contributed by atoms with Crippen molar-refractivity contribution in [2.24, 2.45) is 0 Å². The van der Waals surface area contributed by atoms with Crippen LogP contribution in [0.2, 0.25) is 5.02 Å². The molecular weight excluding hydrogens is 276 g/mol. The summed E-state index contributed by atoms with van der Waals surface area (Å²) in [6.07, 6.45) is 7.42. The maximum Gasteiger partial charge on any atom is 0.221 e. The highest BCUT2D eigenvalue weighted by atomic mass is 35.5. The fourth-order valence-corrected chi connectivity index (χ4v) is 1.76. The summed E-state index contributed by atoms with van der Waals surface area (Å²) < 4.78 is 5.59. The zero-order valence-corrected chi connectivity index (χ0v) is 11.5. The highest BCUT2D eigenvalue weighted by Crippen LogP contribution is 2.22. The Kier molecular flexibility index (Phi) is 4.80. The lowest BCUT2D eigenvalue weighted by molar-refractivity contribution is -0.120. The van der Waals surface area contributed by atoms with Gasteiger partial charge in [0.1, 0.15) is 0 Å². The molecule has 1 N–H and O–H groups in total. The Morgan fingerprint density at radius 2 is 2.15 bits per heavy atom. The molecule has 5 heteroatoms. The molecule has 20 heavy (non-hydrogen) atoms. The van der Waals surface area contributed by atoms with Gasteiger partial charge >= 0.3 is 0 Å². The van der Waals surface area contributed by atoms with E-state index in [1.165, 1.54) is 0 Å². The Hall–Kier alpha value is -2.25. The zero-order chi connectivity index (χ0) is 14.4. The van der Waals surface area contributed by atoms with Gasteiger partial charge in [0.05, 0.1) is 12.7 Å². The fraction of sp³-hybridized carbons (Fsp3) is 0.200. The number of benzene rings is 1. The van der Waals surface area contributed by atoms with Gasteiger partial charge in [-0.05, 0) is 24.3 Å². The maximum atomic E-state index is 11.4. The average Bonchev–Trinajstić information content (AvgIpc) is 2.92. The van der Waals surface area contributed by atoms with Crippen LogP contribution in [0, 0.1) is 12.3 Å². The Balaban J connectivity index is 1.94. The van der Waals surface area contributed by atoms with E-state index in [0.717, 1.165) is 5.56 Å². The lowest BCUT2D eigenvalue weighted by Gasteiger charge is -1.99. The molecule has 1 aromatic heterocycles. The number of terminal acetylenes is 1. The van der Waals surface area contributed by atoms with E-state index in [4.69, 9.17) is 22.4 Å². The van der Waals surface area contributed by atoms with Crippen LogP contribution in [-0.4, -0.2) is 17.4 Å². The van der Waals surface area contributed by atoms with Crippen LogP contribution in [0.15, 0.2) is 34.9 Å². The van der Waals surface area contributed by atoms with Gasteiger partial charge in [-0.2, -0.15) is 0 Å². The van der Waals surface area contributed by atoms with E-state index in [9.17, 15) is 4.79 Å². The number of aromatic nitrogens is 1. The van der Waals surface area contributed by atoms with Gasteiger partial charge in [-0.25, -0.2) is 4.98 Å². The molecule has 0 aliphatic rings. The van der Waals surface area contributed by atoms with Crippen LogP contribution < -0.4 is 5.32 Å². The molecule has 4 nitrogen and oxygen atoms in total. The first-order valence-corrected chi connectivity index (χ1v) is 6.47. The summed E-state index contributed by atoms with van der Waals surface area (Å²) in [6.45, 7) is 0.237. The number of nitrogens with zero attached hydrogens (tertiary/aromatic N) is 1. The molecule has 1 amide bonds. The van der Waals surface area contributed by atoms with Crippen molar-refractivity contribution in [1.82, 2.24) is 10.3 Å². The quantitative estimate of drug-likeness (QED) is 0.861. The van der Waals surface area contributed by atoms with E-state index in [1.807, 2.05) is 12.1 Å². The normalized spacial score (nSPS) is 10.0. The summed E-state index contributed by atoms with van der Waals surface area (Å²) in [5.41, 5.74) is 0.893. The first-order valence-electron chi connectivity index (χ1n) is 6.10. The minimum atomic E-state index is -0.116. The second-order valence-corrected chi connectivity index (χ2v) is 4.54. The van der Waals surface area contributed by atoms with Gasteiger partial charge in [0.25, 0.3) is 0 Å². The Bertz CT molecular complexity index is 626. The second kappa shape index (κ2) is 6.78. The SMILES string of the molecule is C#CCNC(=O)CCc1ncc(-c2ccc(Cl)cc2)o1. The van der Waals surface area contributed by atoms with Crippen LogP contribution in [0.25, 0.3) is 11.3 Å². The third-order valence-corrected chi connectivity index (χ3v) is 2.89. The molecule has 0 saturated carbocycles. The molecule has 0 fully saturated rings. The van der Waals surface area contributed by atoms with Crippen molar-refractivity contribution in [3.63, 3.8) is 0 Å². The molecule has 0 aliphatic carbocycles. The van der Waals surface area contributed by atoms with Crippen molar-refractivity contribution in [3.8, 4) is 23.7 Å². The number of nitrogens with one attached hydrogen (secondary N) is 1. The minimum absolute atomic E-state index is 0.116. The van der Waals surface area contributed by atoms with E-state index in [1.54, 1.807) is 18.3 Å². The summed E-state index contributed by atoms with van der Waals surface area (Å²) >= 11 is 5.83. The largest absolute Gasteiger partial charge is 0.441 e. The molecule has 2 aromatic rings. The molecule has 2 rings (SSSR count). The van der Waals surface area contributed by atoms with Crippen molar-refractivity contribution >= 4 is 17.5 Å². The monoisotopic (exact) mass is 288 g/mol. The summed E-state index contributed by atoms with van der Waals surface area (Å²) in [6, 6.07) is 7.28. The summed E-state index contributed by atoms with van der Waals surface area (Å²) in [4.78, 5) is 15.5. The predicted octanol–water partition coefficient (Wildman–Crippen LogP) is 2.68. The van der Waals surface area contributed by atoms with Crippen LogP contribution >= 0.6 is 11.6 Å². The van der Waals surface area contributed by atoms with Crippen LogP contribution in [0.4, 0.5) is 0 Å². The number of halogens is 1. The van der Waals surface area contributed by atoms with Gasteiger partial charge in [0.2, 0.25) is 5.91 Å². The second-order valence-electron chi connectivity index (χ2n) is 4.11. The highest BCUT2D eigenvalue weighted by Gasteiger charge is 2.08. The molecule has 1 aromatic carbocycles. The number of hydrogen-bond donors (Lipinski definition) is 1. The molecule has 0 saturated heterocycles. The first-order chi connectivity index (χ1) is 9.69. The van der Waals surface area contributed by atoms with E-state index in [-0.39, 0.29) is 12.5 Å². The van der Waals surface area contributed by atoms with Gasteiger partial charge in [-0.3, -0.25) is 4.79 Å². The topological polar surface area (TPSA) is 55.1 Å². The van der Waals surface area contributed by atoms with Gasteiger partial charge in [0, 0.05) is 23.4 Å². The van der Waals surface area contributed by atoms with Crippen LogP contribution in [-0.2, 0) is 11.2 Å². The van der Waals surface area contributed by atoms with Crippen molar-refractivity contribution in [3.05, 3.63) is 41.4 Å². The predicted molar refractivity (Wildman–Crippen MR) is 77.1 cm³/mol. The lowest BCUT2D eigenvalue weighted by atomic mass is 10.2. The third-order valence-electron chi connectivity index (χ3n) is 2.64. The standard InChI is InChI=1S/C15H13ClN2O2/c1-2-9-17-14(19)7-8-15-18-10-13(20-15)11-3-5-12(16)6-4-11/h1,3-6,10H,7-9H2,(H,17,19). The third kappa shape index (κ3) is 3.87. The Labute approximate surface area is 122 Å². The Morgan fingerprint density at radius 3 is 2.85 bits per heavy atom. The molecule has 1 heterocycles.